The molecule has 0 radical (unpaired) electrons. The molecule has 0 bridgehead atoms. The summed E-state index contributed by atoms with van der Waals surface area (Å²) >= 11 is 0. The molecule has 0 aliphatic heterocycles. The van der Waals surface area contributed by atoms with Crippen molar-refractivity contribution in [2.75, 3.05) is 0 Å². The van der Waals surface area contributed by atoms with Crippen LogP contribution in [0.4, 0.5) is 0 Å². The Morgan fingerprint density at radius 1 is 1.33 bits per heavy atom. The molecular formula is C10H21N3O2. The number of carbonyl (C=O) groups is 2. The fraction of sp³-hybridized carbons (Fsp3) is 0.800. The molecule has 5 nitrogen and oxygen atoms in total. The molecule has 2 amide bonds. The van der Waals surface area contributed by atoms with Gasteiger partial charge in [-0.25, -0.2) is 0 Å². The van der Waals surface area contributed by atoms with Crippen molar-refractivity contribution < 1.29 is 9.59 Å². The second kappa shape index (κ2) is 5.11. The van der Waals surface area contributed by atoms with Crippen LogP contribution in [0.25, 0.3) is 0 Å². The highest BCUT2D eigenvalue weighted by Gasteiger charge is 2.26. The molecule has 0 aromatic carbocycles. The first-order valence-electron chi connectivity index (χ1n) is 5.01. The Morgan fingerprint density at radius 3 is 2.13 bits per heavy atom. The molecule has 0 fully saturated rings. The lowest BCUT2D eigenvalue weighted by Gasteiger charge is -2.27. The molecule has 0 spiro atoms. The van der Waals surface area contributed by atoms with Crippen molar-refractivity contribution in [1.29, 1.82) is 0 Å². The third-order valence-electron chi connectivity index (χ3n) is 2.10. The second-order valence-corrected chi connectivity index (χ2v) is 4.79. The molecule has 5 heteroatoms. The average Bonchev–Trinajstić information content (AvgIpc) is 1.98. The lowest BCUT2D eigenvalue weighted by molar-refractivity contribution is -0.125. The van der Waals surface area contributed by atoms with Crippen molar-refractivity contribution in [2.24, 2.45) is 17.4 Å². The Kier molecular flexibility index (Phi) is 4.74. The minimum absolute atomic E-state index is 0.0642. The quantitative estimate of drug-likeness (QED) is 0.589. The van der Waals surface area contributed by atoms with Gasteiger partial charge in [0.15, 0.2) is 0 Å². The molecule has 88 valence electrons. The Hall–Kier alpha value is -1.10. The van der Waals surface area contributed by atoms with Gasteiger partial charge < -0.3 is 16.8 Å². The van der Waals surface area contributed by atoms with Crippen LogP contribution in [-0.2, 0) is 9.59 Å². The Morgan fingerprint density at radius 2 is 1.80 bits per heavy atom. The van der Waals surface area contributed by atoms with Crippen LogP contribution < -0.4 is 16.8 Å². The summed E-state index contributed by atoms with van der Waals surface area (Å²) in [4.78, 5) is 22.3. The molecule has 1 atom stereocenters. The van der Waals surface area contributed by atoms with Crippen LogP contribution in [0.3, 0.4) is 0 Å². The summed E-state index contributed by atoms with van der Waals surface area (Å²) in [5.41, 5.74) is 10.1. The average molecular weight is 215 g/mol. The normalized spacial score (nSPS) is 13.7. The van der Waals surface area contributed by atoms with Crippen LogP contribution in [0.15, 0.2) is 0 Å². The molecular weight excluding hydrogens is 194 g/mol. The standard InChI is InChI=1S/C10H21N3O2/c1-6(2)8(12)9(15)13-10(3,4)5-7(11)14/h6,8H,5,12H2,1-4H3,(H2,11,14)(H,13,15)/t8-/m0/s1. The van der Waals surface area contributed by atoms with Crippen LogP contribution in [0.2, 0.25) is 0 Å². The number of amides is 2. The number of hydrogen-bond acceptors (Lipinski definition) is 3. The lowest BCUT2D eigenvalue weighted by Crippen LogP contribution is -2.53. The van der Waals surface area contributed by atoms with Crippen molar-refractivity contribution >= 4 is 11.8 Å². The van der Waals surface area contributed by atoms with Crippen LogP contribution in [0.1, 0.15) is 34.1 Å². The van der Waals surface area contributed by atoms with E-state index >= 15 is 0 Å². The highest BCUT2D eigenvalue weighted by Crippen LogP contribution is 2.09. The van der Waals surface area contributed by atoms with Gasteiger partial charge in [0, 0.05) is 12.0 Å². The first-order valence-corrected chi connectivity index (χ1v) is 5.01. The van der Waals surface area contributed by atoms with Gasteiger partial charge in [-0.05, 0) is 19.8 Å². The SMILES string of the molecule is CC(C)[C@H](N)C(=O)NC(C)(C)CC(N)=O. The van der Waals surface area contributed by atoms with E-state index in [1.807, 2.05) is 13.8 Å². The zero-order chi connectivity index (χ0) is 12.2. The number of carbonyl (C=O) groups excluding carboxylic acids is 2. The summed E-state index contributed by atoms with van der Waals surface area (Å²) in [6.07, 6.45) is 0.101. The van der Waals surface area contributed by atoms with Crippen LogP contribution in [-0.4, -0.2) is 23.4 Å². The molecule has 5 N–H and O–H groups in total. The van der Waals surface area contributed by atoms with E-state index in [1.165, 1.54) is 0 Å². The zero-order valence-electron chi connectivity index (χ0n) is 9.83. The second-order valence-electron chi connectivity index (χ2n) is 4.79. The van der Waals surface area contributed by atoms with Gasteiger partial charge in [0.05, 0.1) is 6.04 Å². The topological polar surface area (TPSA) is 98.2 Å². The number of rotatable bonds is 5. The summed E-state index contributed by atoms with van der Waals surface area (Å²) in [5, 5.41) is 2.70. The van der Waals surface area contributed by atoms with E-state index in [-0.39, 0.29) is 18.2 Å². The Labute approximate surface area is 90.6 Å². The highest BCUT2D eigenvalue weighted by molar-refractivity contribution is 5.83. The third-order valence-corrected chi connectivity index (χ3v) is 2.10. The third kappa shape index (κ3) is 5.37. The first kappa shape index (κ1) is 13.9. The minimum atomic E-state index is -0.643. The van der Waals surface area contributed by atoms with Crippen LogP contribution in [0, 0.1) is 5.92 Å². The van der Waals surface area contributed by atoms with Gasteiger partial charge >= 0.3 is 0 Å². The minimum Gasteiger partial charge on any atom is -0.370 e. The number of nitrogens with two attached hydrogens (primary N) is 2. The molecule has 0 saturated heterocycles. The fourth-order valence-electron chi connectivity index (χ4n) is 1.20. The first-order chi connectivity index (χ1) is 6.65. The van der Waals surface area contributed by atoms with Crippen molar-refractivity contribution in [3.05, 3.63) is 0 Å². The van der Waals surface area contributed by atoms with Gasteiger partial charge in [-0.15, -0.1) is 0 Å². The highest BCUT2D eigenvalue weighted by atomic mass is 16.2. The van der Waals surface area contributed by atoms with Gasteiger partial charge in [-0.3, -0.25) is 9.59 Å². The van der Waals surface area contributed by atoms with Crippen molar-refractivity contribution in [3.63, 3.8) is 0 Å². The number of hydrogen-bond donors (Lipinski definition) is 3. The van der Waals surface area contributed by atoms with E-state index in [0.29, 0.717) is 0 Å². The molecule has 0 aliphatic carbocycles. The molecule has 0 rings (SSSR count). The molecule has 0 aromatic rings. The van der Waals surface area contributed by atoms with Crippen molar-refractivity contribution in [3.8, 4) is 0 Å². The van der Waals surface area contributed by atoms with Gasteiger partial charge in [0.2, 0.25) is 11.8 Å². The monoisotopic (exact) mass is 215 g/mol. The van der Waals surface area contributed by atoms with E-state index in [4.69, 9.17) is 11.5 Å². The largest absolute Gasteiger partial charge is 0.370 e. The maximum atomic E-state index is 11.6. The van der Waals surface area contributed by atoms with E-state index in [1.54, 1.807) is 13.8 Å². The maximum Gasteiger partial charge on any atom is 0.237 e. The molecule has 0 heterocycles. The molecule has 0 unspecified atom stereocenters. The summed E-state index contributed by atoms with van der Waals surface area (Å²) in [6, 6.07) is -0.558. The predicted octanol–water partition coefficient (Wildman–Crippen LogP) is -0.260. The van der Waals surface area contributed by atoms with Gasteiger partial charge in [0.1, 0.15) is 0 Å². The lowest BCUT2D eigenvalue weighted by atomic mass is 9.98. The summed E-state index contributed by atoms with van der Waals surface area (Å²) in [7, 11) is 0. The summed E-state index contributed by atoms with van der Waals surface area (Å²) in [6.45, 7) is 7.21. The van der Waals surface area contributed by atoms with Gasteiger partial charge in [-0.1, -0.05) is 13.8 Å². The van der Waals surface area contributed by atoms with Gasteiger partial charge in [-0.2, -0.15) is 0 Å². The molecule has 0 aliphatic rings. The van der Waals surface area contributed by atoms with E-state index in [9.17, 15) is 9.59 Å². The smallest absolute Gasteiger partial charge is 0.237 e. The van der Waals surface area contributed by atoms with Crippen LogP contribution in [0.5, 0.6) is 0 Å². The van der Waals surface area contributed by atoms with Crippen molar-refractivity contribution in [1.82, 2.24) is 5.32 Å². The summed E-state index contributed by atoms with van der Waals surface area (Å²) < 4.78 is 0. The van der Waals surface area contributed by atoms with E-state index in [2.05, 4.69) is 5.32 Å². The molecule has 0 saturated carbocycles. The Bertz CT molecular complexity index is 249. The molecule has 15 heavy (non-hydrogen) atoms. The van der Waals surface area contributed by atoms with Crippen LogP contribution >= 0.6 is 0 Å². The number of primary amides is 1. The zero-order valence-corrected chi connectivity index (χ0v) is 9.83. The maximum absolute atomic E-state index is 11.6. The molecule has 0 aromatic heterocycles. The van der Waals surface area contributed by atoms with Crippen molar-refractivity contribution in [2.45, 2.75) is 45.7 Å². The number of nitrogens with one attached hydrogen (secondary N) is 1. The van der Waals surface area contributed by atoms with E-state index in [0.717, 1.165) is 0 Å². The van der Waals surface area contributed by atoms with E-state index < -0.39 is 17.5 Å². The fourth-order valence-corrected chi connectivity index (χ4v) is 1.20. The summed E-state index contributed by atoms with van der Waals surface area (Å²) in [5.74, 6) is -0.635. The Balaban J connectivity index is 4.33. The predicted molar refractivity (Wildman–Crippen MR) is 58.8 cm³/mol. The van der Waals surface area contributed by atoms with Gasteiger partial charge in [0.25, 0.3) is 0 Å².